The monoisotopic (exact) mass is 1080 g/mol. The molecule has 37 unspecified atom stereocenters. The van der Waals surface area contributed by atoms with Crippen molar-refractivity contribution < 1.29 is 0 Å². The zero-order valence-electron chi connectivity index (χ0n) is 58.3. The minimum Gasteiger partial charge on any atom is -0.0651 e. The van der Waals surface area contributed by atoms with Crippen LogP contribution in [0.25, 0.3) is 0 Å². The summed E-state index contributed by atoms with van der Waals surface area (Å²) in [5.41, 5.74) is 1.69. The minimum absolute atomic E-state index is 0.550. The van der Waals surface area contributed by atoms with Gasteiger partial charge in [0.25, 0.3) is 0 Å². The van der Waals surface area contributed by atoms with Gasteiger partial charge < -0.3 is 0 Å². The number of fused-ring (bicyclic) bond motifs is 3. The molecule has 0 aromatic heterocycles. The second kappa shape index (κ2) is 21.4. The van der Waals surface area contributed by atoms with Crippen molar-refractivity contribution in [3.05, 3.63) is 0 Å². The molecule has 0 aromatic rings. The van der Waals surface area contributed by atoms with E-state index in [0.717, 1.165) is 243 Å². The molecule has 0 radical (unpaired) electrons. The summed E-state index contributed by atoms with van der Waals surface area (Å²) in [6.07, 6.45) is 4.24. The first-order chi connectivity index (χ1) is 36.1. The van der Waals surface area contributed by atoms with Crippen molar-refractivity contribution in [2.75, 3.05) is 0 Å². The van der Waals surface area contributed by atoms with Crippen LogP contribution in [0.2, 0.25) is 0 Å². The van der Waals surface area contributed by atoms with E-state index in [4.69, 9.17) is 0 Å². The van der Waals surface area contributed by atoms with Gasteiger partial charge in [0.1, 0.15) is 0 Å². The van der Waals surface area contributed by atoms with Gasteiger partial charge in [-0.25, -0.2) is 0 Å². The van der Waals surface area contributed by atoms with Crippen molar-refractivity contribution in [2.45, 2.75) is 234 Å². The lowest BCUT2D eigenvalue weighted by Gasteiger charge is -2.87. The largest absolute Gasteiger partial charge is 0.0651 e. The van der Waals surface area contributed by atoms with Crippen LogP contribution in [0, 0.1) is 259 Å². The van der Waals surface area contributed by atoms with Crippen LogP contribution in [0.1, 0.15) is 234 Å². The van der Waals surface area contributed by atoms with Gasteiger partial charge in [-0.15, -0.1) is 0 Å². The van der Waals surface area contributed by atoms with Crippen molar-refractivity contribution >= 4 is 0 Å². The van der Waals surface area contributed by atoms with Crippen molar-refractivity contribution in [1.82, 2.24) is 0 Å². The third kappa shape index (κ3) is 8.22. The molecule has 9 rings (SSSR count). The summed E-state index contributed by atoms with van der Waals surface area (Å²) < 4.78 is 0. The summed E-state index contributed by atoms with van der Waals surface area (Å²) in [7, 11) is 0. The Hall–Kier alpha value is 0. The van der Waals surface area contributed by atoms with E-state index in [0.29, 0.717) is 16.2 Å². The number of rotatable bonds is 12. The average Bonchev–Trinajstić information content (AvgIpc) is 2.57. The van der Waals surface area contributed by atoms with E-state index in [9.17, 15) is 0 Å². The summed E-state index contributed by atoms with van der Waals surface area (Å²) in [5.74, 6) is 34.1. The quantitative estimate of drug-likeness (QED) is 0.183. The first-order valence-electron chi connectivity index (χ1n) is 36.1. The van der Waals surface area contributed by atoms with Gasteiger partial charge in [0, 0.05) is 0 Å². The molecule has 452 valence electrons. The predicted octanol–water partition coefficient (Wildman–Crippen LogP) is 22.1. The van der Waals surface area contributed by atoms with Crippen LogP contribution < -0.4 is 0 Å². The first-order valence-corrected chi connectivity index (χ1v) is 36.1. The standard InChI is InChI=1S/C78H140/c1-32-35(2)64-47(14)54(21)70-55(22)63(41(8)46(13)71(70)57(64)24)34-37(4)66-42(9)38(5)43(10)68(56(66)23)51(18)50(17)67-44(11)39(6)62(40(7)45(67)12)33-36(3)65-48(15)52(19)69(53(20)49(65)16)72-58(25)73-76(29)60(27)61(28)77(30)74(59(72)26)78(73,31)75(76)77/h35-75H,32-34H2,1-31H3. The van der Waals surface area contributed by atoms with E-state index in [1.54, 1.807) is 0 Å². The van der Waals surface area contributed by atoms with Gasteiger partial charge in [-0.05, 0) is 272 Å². The fourth-order valence-electron chi connectivity index (χ4n) is 31.4. The molecular weight excluding hydrogens is 937 g/mol. The molecule has 0 N–H and O–H groups in total. The molecule has 0 amide bonds. The van der Waals surface area contributed by atoms with E-state index in [2.05, 4.69) is 215 Å². The lowest BCUT2D eigenvalue weighted by Crippen LogP contribution is -2.83. The third-order valence-corrected chi connectivity index (χ3v) is 35.4. The van der Waals surface area contributed by atoms with E-state index < -0.39 is 0 Å². The maximum atomic E-state index is 2.80. The summed E-state index contributed by atoms with van der Waals surface area (Å²) >= 11 is 0. The summed E-state index contributed by atoms with van der Waals surface area (Å²) in [6, 6.07) is 0. The molecule has 78 heavy (non-hydrogen) atoms. The van der Waals surface area contributed by atoms with Crippen molar-refractivity contribution in [3.63, 3.8) is 0 Å². The average molecular weight is 1080 g/mol. The molecular formula is C78H140. The maximum Gasteiger partial charge on any atom is -0.0214 e. The molecule has 0 heteroatoms. The molecule has 9 aliphatic carbocycles. The molecule has 0 aromatic carbocycles. The summed E-state index contributed by atoms with van der Waals surface area (Å²) in [5, 5.41) is 0. The van der Waals surface area contributed by atoms with Crippen LogP contribution in [0.15, 0.2) is 0 Å². The fraction of sp³-hybridized carbons (Fsp3) is 1.00. The van der Waals surface area contributed by atoms with Gasteiger partial charge in [0.15, 0.2) is 0 Å². The molecule has 0 spiro atoms. The van der Waals surface area contributed by atoms with Crippen LogP contribution in [-0.4, -0.2) is 0 Å². The first kappa shape index (κ1) is 62.5. The molecule has 0 heterocycles. The van der Waals surface area contributed by atoms with Gasteiger partial charge in [-0.2, -0.15) is 0 Å². The zero-order valence-corrected chi connectivity index (χ0v) is 58.3. The minimum atomic E-state index is 0.550. The highest BCUT2D eigenvalue weighted by Gasteiger charge is 2.91. The van der Waals surface area contributed by atoms with E-state index in [-0.39, 0.29) is 0 Å². The van der Waals surface area contributed by atoms with Crippen LogP contribution >= 0.6 is 0 Å². The Bertz CT molecular complexity index is 1990. The maximum absolute atomic E-state index is 2.80. The number of hydrogen-bond donors (Lipinski definition) is 0. The lowest BCUT2D eigenvalue weighted by molar-refractivity contribution is -0.400. The zero-order chi connectivity index (χ0) is 58.3. The fourth-order valence-corrected chi connectivity index (χ4v) is 31.4. The Balaban J connectivity index is 0.870. The Morgan fingerprint density at radius 2 is 0.551 bits per heavy atom. The second-order valence-electron chi connectivity index (χ2n) is 36.3. The molecule has 9 fully saturated rings. The van der Waals surface area contributed by atoms with Crippen LogP contribution in [0.4, 0.5) is 0 Å². The van der Waals surface area contributed by atoms with E-state index in [1.165, 1.54) is 19.3 Å². The van der Waals surface area contributed by atoms with Crippen molar-refractivity contribution in [1.29, 1.82) is 0 Å². The molecule has 0 aliphatic heterocycles. The van der Waals surface area contributed by atoms with E-state index >= 15 is 0 Å². The van der Waals surface area contributed by atoms with Crippen LogP contribution in [-0.2, 0) is 0 Å². The van der Waals surface area contributed by atoms with Gasteiger partial charge in [-0.3, -0.25) is 0 Å². The van der Waals surface area contributed by atoms with Crippen molar-refractivity contribution in [3.8, 4) is 0 Å². The van der Waals surface area contributed by atoms with Crippen molar-refractivity contribution in [2.24, 2.45) is 259 Å². The van der Waals surface area contributed by atoms with E-state index in [1.807, 2.05) is 0 Å². The molecule has 0 saturated heterocycles. The predicted molar refractivity (Wildman–Crippen MR) is 340 cm³/mol. The van der Waals surface area contributed by atoms with Gasteiger partial charge in [0.05, 0.1) is 0 Å². The Morgan fingerprint density at radius 1 is 0.269 bits per heavy atom. The highest BCUT2D eigenvalue weighted by Crippen LogP contribution is 2.95. The Morgan fingerprint density at radius 3 is 0.974 bits per heavy atom. The Labute approximate surface area is 490 Å². The van der Waals surface area contributed by atoms with Crippen LogP contribution in [0.3, 0.4) is 0 Å². The summed E-state index contributed by atoms with van der Waals surface area (Å²) in [6.45, 7) is 84.9. The van der Waals surface area contributed by atoms with Gasteiger partial charge in [0.2, 0.25) is 0 Å². The third-order valence-electron chi connectivity index (χ3n) is 35.4. The smallest absolute Gasteiger partial charge is 0.0214 e. The molecule has 9 saturated carbocycles. The molecule has 9 aliphatic rings. The lowest BCUT2D eigenvalue weighted by atomic mass is 9.17. The normalized spacial score (nSPS) is 62.3. The molecule has 37 atom stereocenters. The topological polar surface area (TPSA) is 0 Å². The molecule has 0 nitrogen and oxygen atoms in total. The van der Waals surface area contributed by atoms with Gasteiger partial charge >= 0.3 is 0 Å². The molecule has 0 bridgehead atoms. The summed E-state index contributed by atoms with van der Waals surface area (Å²) in [4.78, 5) is 0. The van der Waals surface area contributed by atoms with Crippen LogP contribution in [0.5, 0.6) is 0 Å². The highest BCUT2D eigenvalue weighted by molar-refractivity contribution is 5.38. The Kier molecular flexibility index (Phi) is 17.2. The van der Waals surface area contributed by atoms with Gasteiger partial charge in [-0.1, -0.05) is 221 Å². The second-order valence-corrected chi connectivity index (χ2v) is 36.3. The SMILES string of the molecule is CCC(C)C1C(C)C(C)C2C(C)C(CC(C)C3C(C)C(C)C(C)C(C(C)C(C)C4C(C)C(C)C(CC(C)C5C(C)C(C)C(C6C(C)C7C8(C)C(C)C(C)C9(C)C(C6C)C7(C)C89)C(C)C5C)C(C)C4C)C3C)C(C)C(C)C2C1C. The number of hydrogen-bond acceptors (Lipinski definition) is 0. The highest BCUT2D eigenvalue weighted by atomic mass is 15.0.